The number of fused-ring (bicyclic) bond motifs is 3. The molecule has 0 aliphatic heterocycles. The summed E-state index contributed by atoms with van der Waals surface area (Å²) < 4.78 is 0. The van der Waals surface area contributed by atoms with E-state index in [1.165, 1.54) is 0 Å². The molecule has 5 nitrogen and oxygen atoms in total. The van der Waals surface area contributed by atoms with Gasteiger partial charge in [0.15, 0.2) is 11.6 Å². The lowest BCUT2D eigenvalue weighted by Gasteiger charge is -2.46. The van der Waals surface area contributed by atoms with Gasteiger partial charge >= 0.3 is 0 Å². The van der Waals surface area contributed by atoms with E-state index < -0.39 is 5.41 Å². The van der Waals surface area contributed by atoms with Crippen LogP contribution in [0.2, 0.25) is 0 Å². The quantitative estimate of drug-likeness (QED) is 0.723. The molecule has 0 fully saturated rings. The summed E-state index contributed by atoms with van der Waals surface area (Å²) in [5.74, 6) is 0.643. The number of aromatic nitrogens is 3. The van der Waals surface area contributed by atoms with Crippen LogP contribution >= 0.6 is 0 Å². The molecule has 27 heavy (non-hydrogen) atoms. The first-order valence-corrected chi connectivity index (χ1v) is 9.30. The lowest BCUT2D eigenvalue weighted by atomic mass is 9.58. The maximum absolute atomic E-state index is 12.5. The van der Waals surface area contributed by atoms with Gasteiger partial charge in [-0.3, -0.25) is 4.98 Å². The lowest BCUT2D eigenvalue weighted by molar-refractivity contribution is -0.121. The number of hydrogen-bond acceptors (Lipinski definition) is 4. The summed E-state index contributed by atoms with van der Waals surface area (Å²) >= 11 is 0. The standard InChI is InChI=1S/C22H22N4O/c1-12-11-24-9-8-15(12)21-25-14(3)16-6-7-17-13(2)19(27)18(23-5)10-22(17,4)20(16)26-21/h8-11,13,17H,6-7H2,1-4H3/t13-,17-,22-/m1/s1. The van der Waals surface area contributed by atoms with Crippen molar-refractivity contribution >= 4 is 5.78 Å². The number of nitrogens with zero attached hydrogens (tertiary/aromatic N) is 4. The third kappa shape index (κ3) is 2.51. The molecule has 0 unspecified atom stereocenters. The molecule has 3 atom stereocenters. The number of rotatable bonds is 1. The van der Waals surface area contributed by atoms with Gasteiger partial charge in [0.2, 0.25) is 5.70 Å². The van der Waals surface area contributed by atoms with Gasteiger partial charge in [0.05, 0.1) is 12.3 Å². The maximum Gasteiger partial charge on any atom is 0.226 e. The molecule has 0 saturated carbocycles. The van der Waals surface area contributed by atoms with E-state index in [-0.39, 0.29) is 23.3 Å². The molecule has 0 N–H and O–H groups in total. The summed E-state index contributed by atoms with van der Waals surface area (Å²) in [5, 5.41) is 0. The Balaban J connectivity index is 1.97. The molecule has 0 saturated heterocycles. The Kier molecular flexibility index (Phi) is 3.96. The average Bonchev–Trinajstić information content (AvgIpc) is 2.65. The van der Waals surface area contributed by atoms with Gasteiger partial charge in [-0.05, 0) is 49.8 Å². The van der Waals surface area contributed by atoms with Gasteiger partial charge in [-0.1, -0.05) is 19.9 Å². The summed E-state index contributed by atoms with van der Waals surface area (Å²) in [4.78, 5) is 30.0. The Hall–Kier alpha value is -2.87. The van der Waals surface area contributed by atoms with Gasteiger partial charge in [0, 0.05) is 35.0 Å². The summed E-state index contributed by atoms with van der Waals surface area (Å²) in [6, 6.07) is 1.94. The number of pyridine rings is 1. The first kappa shape index (κ1) is 17.5. The van der Waals surface area contributed by atoms with E-state index in [2.05, 4.69) is 16.8 Å². The molecular formula is C22H22N4O. The van der Waals surface area contributed by atoms with Crippen LogP contribution in [-0.4, -0.2) is 20.7 Å². The van der Waals surface area contributed by atoms with Crippen molar-refractivity contribution in [2.75, 3.05) is 0 Å². The highest BCUT2D eigenvalue weighted by molar-refractivity contribution is 6.00. The smallest absolute Gasteiger partial charge is 0.226 e. The van der Waals surface area contributed by atoms with E-state index in [0.717, 1.165) is 40.9 Å². The zero-order valence-corrected chi connectivity index (χ0v) is 16.1. The average molecular weight is 358 g/mol. The number of Topliss-reactive ketones (excluding diaryl/α,β-unsaturated/α-hetero) is 1. The summed E-state index contributed by atoms with van der Waals surface area (Å²) in [5.41, 5.74) is 4.92. The van der Waals surface area contributed by atoms with Gasteiger partial charge in [0.1, 0.15) is 0 Å². The number of hydrogen-bond donors (Lipinski definition) is 0. The van der Waals surface area contributed by atoms with Gasteiger partial charge in [-0.15, -0.1) is 0 Å². The lowest BCUT2D eigenvalue weighted by Crippen LogP contribution is -2.46. The molecular weight excluding hydrogens is 336 g/mol. The van der Waals surface area contributed by atoms with Crippen molar-refractivity contribution in [1.29, 1.82) is 0 Å². The molecule has 0 amide bonds. The van der Waals surface area contributed by atoms with Crippen molar-refractivity contribution in [2.24, 2.45) is 11.8 Å². The van der Waals surface area contributed by atoms with Crippen molar-refractivity contribution in [3.63, 3.8) is 0 Å². The molecule has 4 rings (SSSR count). The minimum Gasteiger partial charge on any atom is -0.308 e. The number of aryl methyl sites for hydroxylation is 2. The zero-order chi connectivity index (χ0) is 19.3. The highest BCUT2D eigenvalue weighted by atomic mass is 16.1. The van der Waals surface area contributed by atoms with Crippen LogP contribution in [0.3, 0.4) is 0 Å². The molecule has 2 heterocycles. The van der Waals surface area contributed by atoms with Crippen molar-refractivity contribution in [2.45, 2.75) is 46.0 Å². The molecule has 2 aromatic rings. The van der Waals surface area contributed by atoms with E-state index >= 15 is 0 Å². The van der Waals surface area contributed by atoms with Crippen LogP contribution in [0.1, 0.15) is 42.8 Å². The second kappa shape index (κ2) is 6.09. The predicted octanol–water partition coefficient (Wildman–Crippen LogP) is 4.00. The molecule has 0 spiro atoms. The van der Waals surface area contributed by atoms with Crippen molar-refractivity contribution in [3.8, 4) is 11.4 Å². The fraction of sp³-hybridized carbons (Fsp3) is 0.409. The van der Waals surface area contributed by atoms with E-state index in [4.69, 9.17) is 16.5 Å². The third-order valence-electron chi connectivity index (χ3n) is 6.29. The molecule has 0 bridgehead atoms. The zero-order valence-electron chi connectivity index (χ0n) is 16.1. The van der Waals surface area contributed by atoms with Gasteiger partial charge in [0.25, 0.3) is 0 Å². The maximum atomic E-state index is 12.5. The molecule has 0 aromatic carbocycles. The fourth-order valence-corrected chi connectivity index (χ4v) is 4.76. The number of allylic oxidation sites excluding steroid dienone is 2. The minimum atomic E-state index is -0.426. The fourth-order valence-electron chi connectivity index (χ4n) is 4.76. The van der Waals surface area contributed by atoms with E-state index in [9.17, 15) is 4.79 Å². The molecule has 2 aliphatic rings. The number of carbonyl (C=O) groups is 1. The van der Waals surface area contributed by atoms with Crippen LogP contribution in [-0.2, 0) is 16.6 Å². The van der Waals surface area contributed by atoms with Crippen molar-refractivity contribution < 1.29 is 4.79 Å². The Morgan fingerprint density at radius 2 is 2.07 bits per heavy atom. The molecule has 2 aliphatic carbocycles. The Morgan fingerprint density at radius 1 is 1.30 bits per heavy atom. The first-order valence-electron chi connectivity index (χ1n) is 9.30. The van der Waals surface area contributed by atoms with Gasteiger partial charge < -0.3 is 4.79 Å². The highest BCUT2D eigenvalue weighted by Gasteiger charge is 2.49. The third-order valence-corrected chi connectivity index (χ3v) is 6.29. The first-order chi connectivity index (χ1) is 12.9. The van der Waals surface area contributed by atoms with E-state index in [1.54, 1.807) is 6.20 Å². The topological polar surface area (TPSA) is 60.1 Å². The SMILES string of the molecule is [C-]#[N+]C1=C[C@@]2(C)c3nc(-c4ccncc4C)nc(C)c3CC[C@@H]2[C@@H](C)C1=O. The van der Waals surface area contributed by atoms with Gasteiger partial charge in [-0.2, -0.15) is 0 Å². The second-order valence-electron chi connectivity index (χ2n) is 7.87. The van der Waals surface area contributed by atoms with Crippen molar-refractivity contribution in [3.05, 3.63) is 64.2 Å². The molecule has 0 radical (unpaired) electrons. The Labute approximate surface area is 159 Å². The Morgan fingerprint density at radius 3 is 2.78 bits per heavy atom. The second-order valence-corrected chi connectivity index (χ2v) is 7.87. The summed E-state index contributed by atoms with van der Waals surface area (Å²) in [6.45, 7) is 15.5. The Bertz CT molecular complexity index is 1030. The predicted molar refractivity (Wildman–Crippen MR) is 103 cm³/mol. The van der Waals surface area contributed by atoms with Crippen LogP contribution < -0.4 is 0 Å². The van der Waals surface area contributed by atoms with Crippen LogP contribution in [0.4, 0.5) is 0 Å². The molecule has 5 heteroatoms. The molecule has 136 valence electrons. The van der Waals surface area contributed by atoms with E-state index in [1.807, 2.05) is 39.1 Å². The monoisotopic (exact) mass is 358 g/mol. The van der Waals surface area contributed by atoms with E-state index in [0.29, 0.717) is 5.82 Å². The largest absolute Gasteiger partial charge is 0.308 e. The minimum absolute atomic E-state index is 0.0353. The summed E-state index contributed by atoms with van der Waals surface area (Å²) in [7, 11) is 0. The number of carbonyl (C=O) groups excluding carboxylic acids is 1. The highest BCUT2D eigenvalue weighted by Crippen LogP contribution is 2.50. The summed E-state index contributed by atoms with van der Waals surface area (Å²) in [6.07, 6.45) is 7.21. The van der Waals surface area contributed by atoms with Crippen LogP contribution in [0.15, 0.2) is 30.2 Å². The van der Waals surface area contributed by atoms with Crippen LogP contribution in [0.25, 0.3) is 16.2 Å². The van der Waals surface area contributed by atoms with Gasteiger partial charge in [-0.25, -0.2) is 14.8 Å². The van der Waals surface area contributed by atoms with Crippen LogP contribution in [0, 0.1) is 32.3 Å². The number of ketones is 1. The normalized spacial score (nSPS) is 26.6. The van der Waals surface area contributed by atoms with Crippen molar-refractivity contribution in [1.82, 2.24) is 15.0 Å². The molecule has 2 aromatic heterocycles. The van der Waals surface area contributed by atoms with Crippen LogP contribution in [0.5, 0.6) is 0 Å².